The van der Waals surface area contributed by atoms with Gasteiger partial charge in [0.05, 0.1) is 0 Å². The summed E-state index contributed by atoms with van der Waals surface area (Å²) in [5.74, 6) is 0.805. The van der Waals surface area contributed by atoms with Crippen molar-refractivity contribution < 1.29 is 0 Å². The Bertz CT molecular complexity index is 408. The Kier molecular flexibility index (Phi) is 5.48. The number of nitrogens with zero attached hydrogens (tertiary/aromatic N) is 1. The van der Waals surface area contributed by atoms with E-state index in [1.54, 1.807) is 0 Å². The summed E-state index contributed by atoms with van der Waals surface area (Å²) in [6.07, 6.45) is 2.44. The third kappa shape index (κ3) is 5.43. The van der Waals surface area contributed by atoms with Gasteiger partial charge in [0.2, 0.25) is 0 Å². The molecular formula is C17H27ClN2. The summed E-state index contributed by atoms with van der Waals surface area (Å²) >= 11 is 5.91. The predicted octanol–water partition coefficient (Wildman–Crippen LogP) is 3.59. The molecule has 20 heavy (non-hydrogen) atoms. The first-order valence-electron chi connectivity index (χ1n) is 7.64. The molecule has 1 heterocycles. The highest BCUT2D eigenvalue weighted by Crippen LogP contribution is 2.17. The highest BCUT2D eigenvalue weighted by molar-refractivity contribution is 6.30. The second-order valence-corrected chi connectivity index (χ2v) is 7.40. The molecule has 112 valence electrons. The number of likely N-dealkylation sites (tertiary alicyclic amines) is 1. The second-order valence-electron chi connectivity index (χ2n) is 6.96. The summed E-state index contributed by atoms with van der Waals surface area (Å²) in [5.41, 5.74) is 1.61. The fraction of sp³-hybridized carbons (Fsp3) is 0.647. The third-order valence-corrected chi connectivity index (χ3v) is 4.17. The van der Waals surface area contributed by atoms with Gasteiger partial charge in [0.25, 0.3) is 0 Å². The molecule has 1 aliphatic rings. The molecule has 0 amide bonds. The molecule has 1 N–H and O–H groups in total. The summed E-state index contributed by atoms with van der Waals surface area (Å²) < 4.78 is 0. The molecule has 1 fully saturated rings. The average molecular weight is 295 g/mol. The Hall–Kier alpha value is -0.570. The molecule has 0 aliphatic carbocycles. The maximum atomic E-state index is 5.91. The predicted molar refractivity (Wildman–Crippen MR) is 87.5 cm³/mol. The minimum Gasteiger partial charge on any atom is -0.312 e. The number of hydrogen-bond acceptors (Lipinski definition) is 2. The van der Waals surface area contributed by atoms with Crippen LogP contribution in [0.3, 0.4) is 0 Å². The summed E-state index contributed by atoms with van der Waals surface area (Å²) in [7, 11) is 0. The van der Waals surface area contributed by atoms with E-state index < -0.39 is 0 Å². The van der Waals surface area contributed by atoms with Gasteiger partial charge in [-0.1, -0.05) is 23.7 Å². The molecule has 2 nitrogen and oxygen atoms in total. The third-order valence-electron chi connectivity index (χ3n) is 3.92. The van der Waals surface area contributed by atoms with E-state index in [4.69, 9.17) is 11.6 Å². The van der Waals surface area contributed by atoms with Crippen LogP contribution in [-0.2, 0) is 6.42 Å². The van der Waals surface area contributed by atoms with Crippen LogP contribution in [0.1, 0.15) is 32.8 Å². The second kappa shape index (κ2) is 6.93. The van der Waals surface area contributed by atoms with Crippen molar-refractivity contribution in [2.45, 2.75) is 39.2 Å². The van der Waals surface area contributed by atoms with Crippen LogP contribution < -0.4 is 5.32 Å². The van der Waals surface area contributed by atoms with Crippen LogP contribution >= 0.6 is 11.6 Å². The van der Waals surface area contributed by atoms with E-state index in [1.807, 2.05) is 12.1 Å². The van der Waals surface area contributed by atoms with Crippen LogP contribution in [0.2, 0.25) is 5.02 Å². The van der Waals surface area contributed by atoms with Crippen molar-refractivity contribution in [2.24, 2.45) is 5.92 Å². The van der Waals surface area contributed by atoms with Crippen molar-refractivity contribution in [3.05, 3.63) is 34.9 Å². The first-order chi connectivity index (χ1) is 9.42. The van der Waals surface area contributed by atoms with Crippen molar-refractivity contribution in [3.8, 4) is 0 Å². The Morgan fingerprint density at radius 1 is 1.25 bits per heavy atom. The molecule has 1 saturated heterocycles. The van der Waals surface area contributed by atoms with Crippen molar-refractivity contribution in [1.82, 2.24) is 10.2 Å². The number of hydrogen-bond donors (Lipinski definition) is 1. The van der Waals surface area contributed by atoms with E-state index in [0.717, 1.165) is 30.5 Å². The first kappa shape index (κ1) is 15.8. The van der Waals surface area contributed by atoms with Crippen LogP contribution in [0.4, 0.5) is 0 Å². The molecule has 1 atom stereocenters. The Morgan fingerprint density at radius 3 is 2.60 bits per heavy atom. The quantitative estimate of drug-likeness (QED) is 0.893. The van der Waals surface area contributed by atoms with E-state index >= 15 is 0 Å². The van der Waals surface area contributed by atoms with E-state index in [-0.39, 0.29) is 5.54 Å². The zero-order valence-electron chi connectivity index (χ0n) is 13.0. The molecule has 0 spiro atoms. The van der Waals surface area contributed by atoms with Crippen LogP contribution in [0.5, 0.6) is 0 Å². The van der Waals surface area contributed by atoms with E-state index in [0.29, 0.717) is 0 Å². The van der Waals surface area contributed by atoms with Crippen LogP contribution in [0.15, 0.2) is 24.3 Å². The van der Waals surface area contributed by atoms with Gasteiger partial charge in [0, 0.05) is 23.7 Å². The van der Waals surface area contributed by atoms with Gasteiger partial charge in [-0.3, -0.25) is 0 Å². The van der Waals surface area contributed by atoms with Crippen LogP contribution in [0, 0.1) is 5.92 Å². The lowest BCUT2D eigenvalue weighted by Crippen LogP contribution is -2.39. The number of nitrogens with one attached hydrogen (secondary N) is 1. The normalized spacial score (nSPS) is 20.5. The fourth-order valence-corrected chi connectivity index (χ4v) is 2.80. The molecule has 0 aromatic heterocycles. The highest BCUT2D eigenvalue weighted by Gasteiger charge is 2.23. The summed E-state index contributed by atoms with van der Waals surface area (Å²) in [5, 5.41) is 4.45. The average Bonchev–Trinajstić information content (AvgIpc) is 2.83. The van der Waals surface area contributed by atoms with Gasteiger partial charge in [-0.05, 0) is 70.3 Å². The molecule has 1 aromatic rings. The van der Waals surface area contributed by atoms with Crippen LogP contribution in [-0.4, -0.2) is 36.6 Å². The van der Waals surface area contributed by atoms with Crippen LogP contribution in [0.25, 0.3) is 0 Å². The SMILES string of the molecule is CC(C)(C)NCC1CCN(CCc2ccc(Cl)cc2)C1. The number of rotatable bonds is 5. The van der Waals surface area contributed by atoms with Gasteiger partial charge in [-0.2, -0.15) is 0 Å². The lowest BCUT2D eigenvalue weighted by molar-refractivity contribution is 0.315. The minimum absolute atomic E-state index is 0.233. The van der Waals surface area contributed by atoms with Gasteiger partial charge in [-0.15, -0.1) is 0 Å². The smallest absolute Gasteiger partial charge is 0.0406 e. The molecule has 0 radical (unpaired) electrons. The Morgan fingerprint density at radius 2 is 1.95 bits per heavy atom. The van der Waals surface area contributed by atoms with E-state index in [2.05, 4.69) is 43.1 Å². The summed E-state index contributed by atoms with van der Waals surface area (Å²) in [6.45, 7) is 11.5. The molecule has 3 heteroatoms. The zero-order chi connectivity index (χ0) is 14.6. The minimum atomic E-state index is 0.233. The molecule has 1 aliphatic heterocycles. The Balaban J connectivity index is 1.69. The largest absolute Gasteiger partial charge is 0.312 e. The Labute approximate surface area is 128 Å². The number of halogens is 1. The van der Waals surface area contributed by atoms with Gasteiger partial charge in [0.15, 0.2) is 0 Å². The zero-order valence-corrected chi connectivity index (χ0v) is 13.7. The van der Waals surface area contributed by atoms with Gasteiger partial charge in [-0.25, -0.2) is 0 Å². The van der Waals surface area contributed by atoms with Gasteiger partial charge in [0.1, 0.15) is 0 Å². The monoisotopic (exact) mass is 294 g/mol. The molecule has 1 aromatic carbocycles. The van der Waals surface area contributed by atoms with Gasteiger partial charge < -0.3 is 10.2 Å². The van der Waals surface area contributed by atoms with Crippen molar-refractivity contribution in [3.63, 3.8) is 0 Å². The maximum Gasteiger partial charge on any atom is 0.0406 e. The lowest BCUT2D eigenvalue weighted by Gasteiger charge is -2.23. The first-order valence-corrected chi connectivity index (χ1v) is 8.02. The fourth-order valence-electron chi connectivity index (χ4n) is 2.67. The maximum absolute atomic E-state index is 5.91. The highest BCUT2D eigenvalue weighted by atomic mass is 35.5. The van der Waals surface area contributed by atoms with E-state index in [1.165, 1.54) is 25.1 Å². The molecule has 2 rings (SSSR count). The van der Waals surface area contributed by atoms with Crippen molar-refractivity contribution in [1.29, 1.82) is 0 Å². The molecule has 0 saturated carbocycles. The molecule has 1 unspecified atom stereocenters. The topological polar surface area (TPSA) is 15.3 Å². The standard InChI is InChI=1S/C17H27ClN2/c1-17(2,3)19-12-15-9-11-20(13-15)10-8-14-4-6-16(18)7-5-14/h4-7,15,19H,8-13H2,1-3H3. The lowest BCUT2D eigenvalue weighted by atomic mass is 10.1. The van der Waals surface area contributed by atoms with E-state index in [9.17, 15) is 0 Å². The summed E-state index contributed by atoms with van der Waals surface area (Å²) in [6, 6.07) is 8.24. The molecule has 0 bridgehead atoms. The number of benzene rings is 1. The van der Waals surface area contributed by atoms with Crippen molar-refractivity contribution in [2.75, 3.05) is 26.2 Å². The molecular weight excluding hydrogens is 268 g/mol. The summed E-state index contributed by atoms with van der Waals surface area (Å²) in [4.78, 5) is 2.59. The van der Waals surface area contributed by atoms with Gasteiger partial charge >= 0.3 is 0 Å². The van der Waals surface area contributed by atoms with Crippen molar-refractivity contribution >= 4 is 11.6 Å².